The predicted molar refractivity (Wildman–Crippen MR) is 87.2 cm³/mol. The number of nitrogens with one attached hydrogen (secondary N) is 1. The molecule has 1 aromatic heterocycles. The second-order valence-corrected chi connectivity index (χ2v) is 5.02. The third kappa shape index (κ3) is 2.89. The van der Waals surface area contributed by atoms with Crippen molar-refractivity contribution in [3.63, 3.8) is 0 Å². The first-order valence-electron chi connectivity index (χ1n) is 6.89. The van der Waals surface area contributed by atoms with Crippen LogP contribution in [0.4, 0.5) is 17.2 Å². The summed E-state index contributed by atoms with van der Waals surface area (Å²) < 4.78 is 5.07. The molecule has 3 rings (SSSR count). The molecule has 7 nitrogen and oxygen atoms in total. The van der Waals surface area contributed by atoms with E-state index in [0.717, 1.165) is 11.3 Å². The number of nitro benzene ring substituents is 1. The van der Waals surface area contributed by atoms with E-state index in [1.807, 2.05) is 31.2 Å². The number of aryl methyl sites for hydroxylation is 1. The van der Waals surface area contributed by atoms with Gasteiger partial charge in [0.05, 0.1) is 22.9 Å². The number of nitrogens with zero attached hydrogens (tertiary/aromatic N) is 3. The van der Waals surface area contributed by atoms with Crippen molar-refractivity contribution in [1.82, 2.24) is 9.97 Å². The van der Waals surface area contributed by atoms with Gasteiger partial charge in [0.1, 0.15) is 12.1 Å². The van der Waals surface area contributed by atoms with Gasteiger partial charge in [0, 0.05) is 17.8 Å². The second kappa shape index (κ2) is 5.88. The van der Waals surface area contributed by atoms with Gasteiger partial charge >= 0.3 is 5.69 Å². The summed E-state index contributed by atoms with van der Waals surface area (Å²) >= 11 is 0. The van der Waals surface area contributed by atoms with E-state index in [0.29, 0.717) is 16.7 Å². The van der Waals surface area contributed by atoms with E-state index in [-0.39, 0.29) is 11.4 Å². The molecule has 1 heterocycles. The minimum Gasteiger partial charge on any atom is -0.490 e. The molecule has 0 saturated heterocycles. The van der Waals surface area contributed by atoms with Crippen LogP contribution in [0.1, 0.15) is 5.56 Å². The van der Waals surface area contributed by atoms with Gasteiger partial charge in [-0.1, -0.05) is 12.1 Å². The molecular weight excluding hydrogens is 296 g/mol. The van der Waals surface area contributed by atoms with Crippen LogP contribution >= 0.6 is 0 Å². The smallest absolute Gasteiger partial charge is 0.311 e. The maximum Gasteiger partial charge on any atom is 0.311 e. The number of hydrogen-bond donors (Lipinski definition) is 1. The fourth-order valence-corrected chi connectivity index (χ4v) is 2.34. The fourth-order valence-electron chi connectivity index (χ4n) is 2.34. The first-order valence-corrected chi connectivity index (χ1v) is 6.89. The van der Waals surface area contributed by atoms with Crippen molar-refractivity contribution in [2.45, 2.75) is 6.92 Å². The maximum atomic E-state index is 11.2. The summed E-state index contributed by atoms with van der Waals surface area (Å²) in [7, 11) is 1.39. The minimum absolute atomic E-state index is 0.123. The van der Waals surface area contributed by atoms with Gasteiger partial charge in [-0.3, -0.25) is 10.1 Å². The Morgan fingerprint density at radius 2 is 2.04 bits per heavy atom. The number of benzene rings is 2. The Hall–Kier alpha value is -3.22. The van der Waals surface area contributed by atoms with Crippen molar-refractivity contribution in [1.29, 1.82) is 0 Å². The lowest BCUT2D eigenvalue weighted by Crippen LogP contribution is -1.99. The lowest BCUT2D eigenvalue weighted by molar-refractivity contribution is -0.385. The second-order valence-electron chi connectivity index (χ2n) is 5.02. The van der Waals surface area contributed by atoms with Crippen molar-refractivity contribution in [2.24, 2.45) is 0 Å². The van der Waals surface area contributed by atoms with Gasteiger partial charge in [-0.2, -0.15) is 0 Å². The summed E-state index contributed by atoms with van der Waals surface area (Å²) in [6.07, 6.45) is 1.41. The molecule has 0 radical (unpaired) electrons. The van der Waals surface area contributed by atoms with Crippen molar-refractivity contribution in [3.8, 4) is 5.75 Å². The lowest BCUT2D eigenvalue weighted by Gasteiger charge is -2.10. The summed E-state index contributed by atoms with van der Waals surface area (Å²) in [5.41, 5.74) is 2.39. The Labute approximate surface area is 132 Å². The van der Waals surface area contributed by atoms with Crippen LogP contribution < -0.4 is 10.1 Å². The largest absolute Gasteiger partial charge is 0.490 e. The zero-order chi connectivity index (χ0) is 16.4. The fraction of sp³-hybridized carbons (Fsp3) is 0.125. The average molecular weight is 310 g/mol. The number of ether oxygens (including phenoxy) is 1. The van der Waals surface area contributed by atoms with E-state index in [2.05, 4.69) is 15.3 Å². The third-order valence-corrected chi connectivity index (χ3v) is 3.41. The van der Waals surface area contributed by atoms with Crippen molar-refractivity contribution in [3.05, 3.63) is 58.4 Å². The SMILES string of the molecule is COc1cc2ncnc(Nc3cccc(C)c3)c2cc1[N+](=O)[O-]. The number of methoxy groups -OCH3 is 1. The zero-order valence-corrected chi connectivity index (χ0v) is 12.6. The van der Waals surface area contributed by atoms with Gasteiger partial charge in [0.25, 0.3) is 0 Å². The van der Waals surface area contributed by atoms with Crippen LogP contribution in [0.2, 0.25) is 0 Å². The maximum absolute atomic E-state index is 11.2. The van der Waals surface area contributed by atoms with Gasteiger partial charge in [0.15, 0.2) is 5.75 Å². The summed E-state index contributed by atoms with van der Waals surface area (Å²) in [6, 6.07) is 10.7. The lowest BCUT2D eigenvalue weighted by atomic mass is 10.2. The first kappa shape index (κ1) is 14.7. The quantitative estimate of drug-likeness (QED) is 0.585. The third-order valence-electron chi connectivity index (χ3n) is 3.41. The predicted octanol–water partition coefficient (Wildman–Crippen LogP) is 3.60. The molecule has 0 atom stereocenters. The molecule has 3 aromatic rings. The number of aromatic nitrogens is 2. The Morgan fingerprint density at radius 1 is 1.22 bits per heavy atom. The summed E-state index contributed by atoms with van der Waals surface area (Å²) in [6.45, 7) is 1.99. The molecule has 0 fully saturated rings. The molecule has 0 amide bonds. The van der Waals surface area contributed by atoms with Gasteiger partial charge < -0.3 is 10.1 Å². The highest BCUT2D eigenvalue weighted by Gasteiger charge is 2.18. The summed E-state index contributed by atoms with van der Waals surface area (Å²) in [5, 5.41) is 14.9. The Balaban J connectivity index is 2.13. The van der Waals surface area contributed by atoms with Crippen LogP contribution in [0.3, 0.4) is 0 Å². The summed E-state index contributed by atoms with van der Waals surface area (Å²) in [5.74, 6) is 0.675. The number of hydrogen-bond acceptors (Lipinski definition) is 6. The standard InChI is InChI=1S/C16H14N4O3/c1-10-4-3-5-11(6-10)19-16-12-7-14(20(21)22)15(23-2)8-13(12)17-9-18-16/h3-9H,1-2H3,(H,17,18,19). The van der Waals surface area contributed by atoms with Crippen molar-refractivity contribution >= 4 is 28.1 Å². The minimum atomic E-state index is -0.484. The van der Waals surface area contributed by atoms with Gasteiger partial charge in [-0.15, -0.1) is 0 Å². The Bertz CT molecular complexity index is 896. The Kier molecular flexibility index (Phi) is 3.76. The normalized spacial score (nSPS) is 10.5. The zero-order valence-electron chi connectivity index (χ0n) is 12.6. The first-order chi connectivity index (χ1) is 11.1. The molecule has 116 valence electrons. The van der Waals surface area contributed by atoms with Crippen LogP contribution in [0.5, 0.6) is 5.75 Å². The molecule has 7 heteroatoms. The number of anilines is 2. The van der Waals surface area contributed by atoms with Crippen LogP contribution in [-0.4, -0.2) is 22.0 Å². The Morgan fingerprint density at radius 3 is 2.74 bits per heavy atom. The molecular formula is C16H14N4O3. The average Bonchev–Trinajstić information content (AvgIpc) is 2.54. The topological polar surface area (TPSA) is 90.2 Å². The molecule has 0 aliphatic rings. The van der Waals surface area contributed by atoms with Gasteiger partial charge in [-0.25, -0.2) is 9.97 Å². The molecule has 0 saturated carbocycles. The molecule has 2 aromatic carbocycles. The van der Waals surface area contributed by atoms with Crippen LogP contribution in [0, 0.1) is 17.0 Å². The molecule has 0 bridgehead atoms. The number of rotatable bonds is 4. The number of nitro groups is 1. The van der Waals surface area contributed by atoms with Gasteiger partial charge in [-0.05, 0) is 24.6 Å². The molecule has 0 unspecified atom stereocenters. The summed E-state index contributed by atoms with van der Waals surface area (Å²) in [4.78, 5) is 19.1. The van der Waals surface area contributed by atoms with Crippen LogP contribution in [0.25, 0.3) is 10.9 Å². The highest BCUT2D eigenvalue weighted by molar-refractivity contribution is 5.93. The molecule has 0 aliphatic heterocycles. The van der Waals surface area contributed by atoms with Crippen molar-refractivity contribution < 1.29 is 9.66 Å². The number of fused-ring (bicyclic) bond motifs is 1. The van der Waals surface area contributed by atoms with Crippen molar-refractivity contribution in [2.75, 3.05) is 12.4 Å². The molecule has 1 N–H and O–H groups in total. The van der Waals surface area contributed by atoms with Crippen LogP contribution in [-0.2, 0) is 0 Å². The highest BCUT2D eigenvalue weighted by atomic mass is 16.6. The van der Waals surface area contributed by atoms with E-state index >= 15 is 0 Å². The van der Waals surface area contributed by atoms with E-state index in [1.54, 1.807) is 0 Å². The molecule has 23 heavy (non-hydrogen) atoms. The highest BCUT2D eigenvalue weighted by Crippen LogP contribution is 2.34. The van der Waals surface area contributed by atoms with E-state index in [1.165, 1.54) is 25.6 Å². The molecule has 0 spiro atoms. The monoisotopic (exact) mass is 310 g/mol. The van der Waals surface area contributed by atoms with Crippen LogP contribution in [0.15, 0.2) is 42.7 Å². The van der Waals surface area contributed by atoms with E-state index in [9.17, 15) is 10.1 Å². The van der Waals surface area contributed by atoms with Gasteiger partial charge in [0.2, 0.25) is 0 Å². The molecule has 0 aliphatic carbocycles. The van der Waals surface area contributed by atoms with E-state index < -0.39 is 4.92 Å². The van der Waals surface area contributed by atoms with E-state index in [4.69, 9.17) is 4.74 Å².